The number of halogens is 8. The van der Waals surface area contributed by atoms with Gasteiger partial charge in [0.25, 0.3) is 0 Å². The Kier molecular flexibility index (Phi) is 26.6. The van der Waals surface area contributed by atoms with Gasteiger partial charge in [0.2, 0.25) is 0 Å². The Hall–Kier alpha value is -0.570. The van der Waals surface area contributed by atoms with E-state index >= 15 is 0 Å². The molecule has 4 heterocycles. The monoisotopic (exact) mass is 1020 g/mol. The highest BCUT2D eigenvalue weighted by molar-refractivity contribution is 8.00. The molecule has 10 rings (SSSR count). The third kappa shape index (κ3) is 13.6. The summed E-state index contributed by atoms with van der Waals surface area (Å²) in [6.45, 7) is 15.4. The summed E-state index contributed by atoms with van der Waals surface area (Å²) in [6.07, 6.45) is 3.57. The van der Waals surface area contributed by atoms with Crippen molar-refractivity contribution in [2.75, 3.05) is 0 Å². The van der Waals surface area contributed by atoms with Crippen LogP contribution >= 0.6 is 11.8 Å². The van der Waals surface area contributed by atoms with Gasteiger partial charge < -0.3 is 47.1 Å². The molecule has 10 aliphatic rings. The molecule has 28 unspecified atom stereocenters. The molecule has 6 saturated carbocycles. The Morgan fingerprint density at radius 3 is 0.941 bits per heavy atom. The van der Waals surface area contributed by atoms with E-state index in [1.807, 2.05) is 41.5 Å². The molecule has 0 aromatic carbocycles. The summed E-state index contributed by atoms with van der Waals surface area (Å²) in [5, 5.41) is 0.189. The van der Waals surface area contributed by atoms with Gasteiger partial charge in [0, 0.05) is 10.5 Å². The fraction of sp³-hybridized carbons (Fsp3) is 1.00. The third-order valence-corrected chi connectivity index (χ3v) is 19.8. The van der Waals surface area contributed by atoms with Crippen molar-refractivity contribution in [3.63, 3.8) is 0 Å². The number of rotatable bonds is 0. The van der Waals surface area contributed by atoms with Gasteiger partial charge in [-0.25, -0.2) is 35.1 Å². The zero-order valence-electron chi connectivity index (χ0n) is 41.7. The van der Waals surface area contributed by atoms with Crippen molar-refractivity contribution in [1.82, 2.24) is 0 Å². The summed E-state index contributed by atoms with van der Waals surface area (Å²) in [5.41, 5.74) is 0. The van der Waals surface area contributed by atoms with Gasteiger partial charge in [-0.05, 0) is 175 Å². The predicted octanol–water partition coefficient (Wildman–Crippen LogP) is 8.58. The molecule has 0 amide bonds. The summed E-state index contributed by atoms with van der Waals surface area (Å²) in [6, 6.07) is 0. The lowest BCUT2D eigenvalue weighted by molar-refractivity contribution is -0.154. The molecule has 0 radical (unpaired) electrons. The minimum absolute atomic E-state index is 0. The Labute approximate surface area is 405 Å². The Morgan fingerprint density at radius 1 is 0.294 bits per heavy atom. The van der Waals surface area contributed by atoms with Crippen molar-refractivity contribution in [3.05, 3.63) is 0 Å². The van der Waals surface area contributed by atoms with Crippen LogP contribution in [0.15, 0.2) is 0 Å². The Balaban J connectivity index is 0.000000442. The molecule has 6 aliphatic carbocycles. The maximum atomic E-state index is 14.3. The number of hydrogen-bond acceptors (Lipinski definition) is 4. The zero-order valence-corrected chi connectivity index (χ0v) is 42.5. The van der Waals surface area contributed by atoms with Crippen molar-refractivity contribution < 1.29 is 82.2 Å². The Morgan fingerprint density at radius 2 is 0.603 bits per heavy atom. The first kappa shape index (κ1) is 65.4. The van der Waals surface area contributed by atoms with E-state index in [2.05, 4.69) is 0 Å². The van der Waals surface area contributed by atoms with Gasteiger partial charge in [-0.15, -0.1) is 11.8 Å². The number of thioether (sulfide) groups is 1. The quantitative estimate of drug-likeness (QED) is 0.218. The molecular weight excluding hydrogens is 929 g/mol. The second-order valence-electron chi connectivity index (χ2n) is 22.5. The van der Waals surface area contributed by atoms with Crippen molar-refractivity contribution in [3.8, 4) is 0 Å². The van der Waals surface area contributed by atoms with Crippen LogP contribution in [-0.2, 0) is 14.2 Å². The molecular formula is C50H92F8O9S. The normalized spacial score (nSPS) is 51.5. The first-order valence-corrected chi connectivity index (χ1v) is 26.1. The van der Waals surface area contributed by atoms with Gasteiger partial charge in [-0.1, -0.05) is 41.5 Å². The van der Waals surface area contributed by atoms with Crippen LogP contribution in [0.5, 0.6) is 0 Å². The number of hydrogen-bond donors (Lipinski definition) is 0. The van der Waals surface area contributed by atoms with E-state index in [1.54, 1.807) is 25.6 Å². The average Bonchev–Trinajstić information content (AvgIpc) is 3.83. The van der Waals surface area contributed by atoms with Crippen molar-refractivity contribution >= 4 is 11.8 Å². The second kappa shape index (κ2) is 27.6. The molecule has 68 heavy (non-hydrogen) atoms. The van der Waals surface area contributed by atoms with E-state index in [0.717, 1.165) is 89.9 Å². The zero-order chi connectivity index (χ0) is 44.9. The fourth-order valence-corrected chi connectivity index (χ4v) is 16.0. The highest BCUT2D eigenvalue weighted by Crippen LogP contribution is 2.58. The van der Waals surface area contributed by atoms with Gasteiger partial charge in [0.15, 0.2) is 12.3 Å². The number of ether oxygens (including phenoxy) is 3. The average molecular weight is 1020 g/mol. The number of alkyl halides is 8. The van der Waals surface area contributed by atoms with Gasteiger partial charge in [0.05, 0.1) is 36.6 Å². The van der Waals surface area contributed by atoms with Crippen LogP contribution in [0.4, 0.5) is 35.1 Å². The van der Waals surface area contributed by atoms with E-state index in [9.17, 15) is 35.1 Å². The lowest BCUT2D eigenvalue weighted by atomic mass is 9.68. The maximum absolute atomic E-state index is 14.3. The largest absolute Gasteiger partial charge is 0.412 e. The first-order chi connectivity index (χ1) is 29.4. The number of fused-ring (bicyclic) bond motifs is 8. The highest BCUT2D eigenvalue weighted by Gasteiger charge is 2.57. The molecule has 0 bridgehead atoms. The summed E-state index contributed by atoms with van der Waals surface area (Å²) in [7, 11) is 0. The molecule has 0 aromatic rings. The van der Waals surface area contributed by atoms with Gasteiger partial charge >= 0.3 is 0 Å². The predicted molar refractivity (Wildman–Crippen MR) is 254 cm³/mol. The van der Waals surface area contributed by atoms with E-state index in [1.165, 1.54) is 0 Å². The van der Waals surface area contributed by atoms with Crippen molar-refractivity contribution in [1.29, 1.82) is 0 Å². The molecule has 408 valence electrons. The summed E-state index contributed by atoms with van der Waals surface area (Å²) in [5.74, 6) is 2.16. The van der Waals surface area contributed by atoms with Crippen molar-refractivity contribution in [2.45, 2.75) is 242 Å². The molecule has 12 N–H and O–H groups in total. The molecule has 4 aliphatic heterocycles. The van der Waals surface area contributed by atoms with Crippen LogP contribution in [0.1, 0.15) is 145 Å². The summed E-state index contributed by atoms with van der Waals surface area (Å²) >= 11 is 1.65. The van der Waals surface area contributed by atoms with Gasteiger partial charge in [-0.2, -0.15) is 0 Å². The summed E-state index contributed by atoms with van der Waals surface area (Å²) < 4.78 is 128. The molecule has 0 spiro atoms. The van der Waals surface area contributed by atoms with Crippen molar-refractivity contribution in [2.24, 2.45) is 71.0 Å². The van der Waals surface area contributed by atoms with Gasteiger partial charge in [-0.3, -0.25) is 0 Å². The SMILES string of the molecule is CC1CCC2C3CCC(C)C(F)C3OC2C1F.CC1CCC2C3CCC(C)C(F)C3SC2C1F.CC1CCC2CC(C)C(F)C(F)C2O1.CC1CCC2CC(C)C(F)C(F)C2O1.O.O.O.O.O.O. The Bertz CT molecular complexity index is 1270. The van der Waals surface area contributed by atoms with Crippen LogP contribution < -0.4 is 0 Å². The van der Waals surface area contributed by atoms with E-state index in [0.29, 0.717) is 11.8 Å². The van der Waals surface area contributed by atoms with Crippen LogP contribution in [-0.4, -0.2) is 129 Å². The minimum atomic E-state index is -1.41. The molecule has 0 aromatic heterocycles. The van der Waals surface area contributed by atoms with Crippen LogP contribution in [0.3, 0.4) is 0 Å². The molecule has 9 nitrogen and oxygen atoms in total. The first-order valence-electron chi connectivity index (χ1n) is 25.1. The molecule has 4 saturated heterocycles. The lowest BCUT2D eigenvalue weighted by Crippen LogP contribution is -2.50. The highest BCUT2D eigenvalue weighted by atomic mass is 32.2. The second-order valence-corrected chi connectivity index (χ2v) is 23.8. The van der Waals surface area contributed by atoms with Crippen LogP contribution in [0, 0.1) is 71.0 Å². The third-order valence-electron chi connectivity index (χ3n) is 17.9. The smallest absolute Gasteiger partial charge is 0.158 e. The standard InChI is InChI=1S/C14H22F2O.C14H22F2S.2C11H18F2O.6H2O/c2*1-7-3-5-9-10-6-4-8(2)12(16)14(10)17-13(9)11(7)15;2*1-6-5-8-4-3-7(2)14-11(8)10(13)9(6)12;;;;;;/h2*7-14H,3-6H2,1-2H3;2*6-11H,3-5H2,1-2H3;6*1H2. The van der Waals surface area contributed by atoms with Crippen LogP contribution in [0.2, 0.25) is 0 Å². The topological polar surface area (TPSA) is 217 Å². The van der Waals surface area contributed by atoms with Crippen LogP contribution in [0.25, 0.3) is 0 Å². The van der Waals surface area contributed by atoms with Gasteiger partial charge in [0.1, 0.15) is 37.0 Å². The summed E-state index contributed by atoms with van der Waals surface area (Å²) in [4.78, 5) is 0. The fourth-order valence-electron chi connectivity index (χ4n) is 13.8. The van der Waals surface area contributed by atoms with E-state index in [4.69, 9.17) is 14.2 Å². The maximum Gasteiger partial charge on any atom is 0.158 e. The van der Waals surface area contributed by atoms with E-state index < -0.39 is 61.6 Å². The molecule has 18 heteroatoms. The molecule has 28 atom stereocenters. The lowest BCUT2D eigenvalue weighted by Gasteiger charge is -2.43. The minimum Gasteiger partial charge on any atom is -0.412 e. The van der Waals surface area contributed by atoms with E-state index in [-0.39, 0.29) is 127 Å². The molecule has 10 fully saturated rings.